The van der Waals surface area contributed by atoms with Crippen molar-refractivity contribution < 1.29 is 0 Å². The van der Waals surface area contributed by atoms with Crippen molar-refractivity contribution >= 4 is 0 Å². The molecule has 2 rings (SSSR count). The number of nitrogens with zero attached hydrogens (tertiary/aromatic N) is 1. The number of rotatable bonds is 2. The van der Waals surface area contributed by atoms with E-state index in [1.807, 2.05) is 36.5 Å². The standard InChI is InChI=1S/C13H12N/c1-11-5-4-6-12(9-11)10-13-7-2-3-8-14-13/h2-9H,1,10H2. The van der Waals surface area contributed by atoms with Gasteiger partial charge in [0, 0.05) is 18.3 Å². The normalized spacial score (nSPS) is 10.1. The van der Waals surface area contributed by atoms with Crippen LogP contribution < -0.4 is 0 Å². The zero-order chi connectivity index (χ0) is 9.80. The molecule has 1 heterocycles. The highest BCUT2D eigenvalue weighted by molar-refractivity contribution is 5.28. The Morgan fingerprint density at radius 1 is 1.07 bits per heavy atom. The van der Waals surface area contributed by atoms with Gasteiger partial charge in [-0.1, -0.05) is 30.3 Å². The Bertz CT molecular complexity index is 407. The quantitative estimate of drug-likeness (QED) is 0.696. The molecule has 1 aromatic carbocycles. The molecule has 1 aromatic heterocycles. The average Bonchev–Trinajstić information content (AvgIpc) is 2.19. The third-order valence-electron chi connectivity index (χ3n) is 2.10. The molecule has 0 bridgehead atoms. The van der Waals surface area contributed by atoms with E-state index in [2.05, 4.69) is 24.0 Å². The van der Waals surface area contributed by atoms with E-state index in [1.54, 1.807) is 0 Å². The van der Waals surface area contributed by atoms with Crippen molar-refractivity contribution in [2.24, 2.45) is 0 Å². The minimum atomic E-state index is 0.879. The van der Waals surface area contributed by atoms with Gasteiger partial charge in [0.15, 0.2) is 0 Å². The van der Waals surface area contributed by atoms with Crippen molar-refractivity contribution in [2.75, 3.05) is 0 Å². The summed E-state index contributed by atoms with van der Waals surface area (Å²) in [4.78, 5) is 4.28. The monoisotopic (exact) mass is 182 g/mol. The van der Waals surface area contributed by atoms with E-state index in [0.29, 0.717) is 0 Å². The van der Waals surface area contributed by atoms with Gasteiger partial charge in [0.05, 0.1) is 0 Å². The molecule has 0 spiro atoms. The van der Waals surface area contributed by atoms with E-state index in [4.69, 9.17) is 0 Å². The highest BCUT2D eigenvalue weighted by Gasteiger charge is 1.96. The predicted molar refractivity (Wildman–Crippen MR) is 57.9 cm³/mol. The van der Waals surface area contributed by atoms with Crippen molar-refractivity contribution in [3.8, 4) is 0 Å². The minimum Gasteiger partial charge on any atom is -0.261 e. The van der Waals surface area contributed by atoms with Gasteiger partial charge >= 0.3 is 0 Å². The van der Waals surface area contributed by atoms with Crippen LogP contribution in [0.4, 0.5) is 0 Å². The van der Waals surface area contributed by atoms with Crippen LogP contribution in [0.2, 0.25) is 0 Å². The molecule has 0 aliphatic carbocycles. The second kappa shape index (κ2) is 4.05. The zero-order valence-electron chi connectivity index (χ0n) is 7.98. The number of pyridine rings is 1. The summed E-state index contributed by atoms with van der Waals surface area (Å²) in [7, 11) is 0. The van der Waals surface area contributed by atoms with E-state index in [0.717, 1.165) is 17.7 Å². The molecule has 0 amide bonds. The Hall–Kier alpha value is -1.63. The first kappa shape index (κ1) is 8.95. The van der Waals surface area contributed by atoms with E-state index in [9.17, 15) is 0 Å². The lowest BCUT2D eigenvalue weighted by Gasteiger charge is -2.01. The van der Waals surface area contributed by atoms with Crippen LogP contribution in [0.15, 0.2) is 48.7 Å². The van der Waals surface area contributed by atoms with E-state index < -0.39 is 0 Å². The number of benzene rings is 1. The fourth-order valence-electron chi connectivity index (χ4n) is 1.45. The Morgan fingerprint density at radius 2 is 2.00 bits per heavy atom. The molecular weight excluding hydrogens is 170 g/mol. The molecule has 0 fully saturated rings. The molecule has 0 aliphatic rings. The van der Waals surface area contributed by atoms with Gasteiger partial charge in [0.1, 0.15) is 0 Å². The smallest absolute Gasteiger partial charge is 0.0447 e. The van der Waals surface area contributed by atoms with E-state index >= 15 is 0 Å². The van der Waals surface area contributed by atoms with Gasteiger partial charge in [-0.05, 0) is 30.2 Å². The van der Waals surface area contributed by atoms with Crippen molar-refractivity contribution in [3.63, 3.8) is 0 Å². The molecule has 0 saturated heterocycles. The van der Waals surface area contributed by atoms with Crippen molar-refractivity contribution in [1.29, 1.82) is 0 Å². The van der Waals surface area contributed by atoms with Crippen LogP contribution in [0, 0.1) is 6.92 Å². The number of hydrogen-bond acceptors (Lipinski definition) is 1. The Balaban J connectivity index is 2.19. The number of aromatic nitrogens is 1. The average molecular weight is 182 g/mol. The SMILES string of the molecule is [CH2]c1cccc(Cc2ccccn2)c1. The lowest BCUT2D eigenvalue weighted by Crippen LogP contribution is -1.91. The van der Waals surface area contributed by atoms with Crippen LogP contribution >= 0.6 is 0 Å². The molecule has 1 heteroatoms. The molecule has 1 radical (unpaired) electrons. The van der Waals surface area contributed by atoms with E-state index in [1.165, 1.54) is 5.56 Å². The van der Waals surface area contributed by atoms with Gasteiger partial charge in [-0.2, -0.15) is 0 Å². The maximum absolute atomic E-state index is 4.28. The largest absolute Gasteiger partial charge is 0.261 e. The van der Waals surface area contributed by atoms with E-state index in [-0.39, 0.29) is 0 Å². The molecular formula is C13H12N. The minimum absolute atomic E-state index is 0.879. The molecule has 69 valence electrons. The number of hydrogen-bond donors (Lipinski definition) is 0. The zero-order valence-corrected chi connectivity index (χ0v) is 7.98. The van der Waals surface area contributed by atoms with Crippen LogP contribution in [-0.2, 0) is 6.42 Å². The maximum atomic E-state index is 4.28. The van der Waals surface area contributed by atoms with Gasteiger partial charge in [0.2, 0.25) is 0 Å². The van der Waals surface area contributed by atoms with Crippen molar-refractivity contribution in [3.05, 3.63) is 72.4 Å². The lowest BCUT2D eigenvalue weighted by molar-refractivity contribution is 1.07. The van der Waals surface area contributed by atoms with Crippen molar-refractivity contribution in [1.82, 2.24) is 4.98 Å². The van der Waals surface area contributed by atoms with Gasteiger partial charge in [0.25, 0.3) is 0 Å². The van der Waals surface area contributed by atoms with Crippen LogP contribution in [0.1, 0.15) is 16.8 Å². The summed E-state index contributed by atoms with van der Waals surface area (Å²) in [5.74, 6) is 0. The topological polar surface area (TPSA) is 12.9 Å². The van der Waals surface area contributed by atoms with Gasteiger partial charge in [-0.15, -0.1) is 0 Å². The summed E-state index contributed by atoms with van der Waals surface area (Å²) in [6.45, 7) is 3.90. The maximum Gasteiger partial charge on any atom is 0.0447 e. The Labute approximate surface area is 84.4 Å². The van der Waals surface area contributed by atoms with Crippen LogP contribution in [0.25, 0.3) is 0 Å². The summed E-state index contributed by atoms with van der Waals surface area (Å²) in [5.41, 5.74) is 3.41. The summed E-state index contributed by atoms with van der Waals surface area (Å²) >= 11 is 0. The second-order valence-electron chi connectivity index (χ2n) is 3.32. The lowest BCUT2D eigenvalue weighted by atomic mass is 10.1. The van der Waals surface area contributed by atoms with Crippen LogP contribution in [0.3, 0.4) is 0 Å². The molecule has 0 unspecified atom stereocenters. The Kier molecular flexibility index (Phi) is 2.59. The highest BCUT2D eigenvalue weighted by Crippen LogP contribution is 2.08. The summed E-state index contributed by atoms with van der Waals surface area (Å²) < 4.78 is 0. The summed E-state index contributed by atoms with van der Waals surface area (Å²) in [5, 5.41) is 0. The summed E-state index contributed by atoms with van der Waals surface area (Å²) in [6.07, 6.45) is 2.70. The van der Waals surface area contributed by atoms with Crippen LogP contribution in [-0.4, -0.2) is 4.98 Å². The fraction of sp³-hybridized carbons (Fsp3) is 0.0769. The predicted octanol–water partition coefficient (Wildman–Crippen LogP) is 2.85. The molecule has 0 N–H and O–H groups in total. The Morgan fingerprint density at radius 3 is 2.71 bits per heavy atom. The fourth-order valence-corrected chi connectivity index (χ4v) is 1.45. The van der Waals surface area contributed by atoms with Gasteiger partial charge < -0.3 is 0 Å². The molecule has 14 heavy (non-hydrogen) atoms. The molecule has 0 aliphatic heterocycles. The summed E-state index contributed by atoms with van der Waals surface area (Å²) in [6, 6.07) is 14.2. The first-order valence-corrected chi connectivity index (χ1v) is 4.65. The van der Waals surface area contributed by atoms with Gasteiger partial charge in [-0.25, -0.2) is 0 Å². The molecule has 0 saturated carbocycles. The molecule has 2 aromatic rings. The molecule has 0 atom stereocenters. The highest BCUT2D eigenvalue weighted by atomic mass is 14.7. The molecule has 1 nitrogen and oxygen atoms in total. The van der Waals surface area contributed by atoms with Crippen molar-refractivity contribution in [2.45, 2.75) is 6.42 Å². The third kappa shape index (κ3) is 2.19. The van der Waals surface area contributed by atoms with Gasteiger partial charge in [-0.3, -0.25) is 4.98 Å². The third-order valence-corrected chi connectivity index (χ3v) is 2.10. The van der Waals surface area contributed by atoms with Crippen LogP contribution in [0.5, 0.6) is 0 Å². The first-order chi connectivity index (χ1) is 6.84. The first-order valence-electron chi connectivity index (χ1n) is 4.65. The second-order valence-corrected chi connectivity index (χ2v) is 3.32.